The predicted octanol–water partition coefficient (Wildman–Crippen LogP) is 3.80. The van der Waals surface area contributed by atoms with Crippen LogP contribution in [0, 0.1) is 11.8 Å². The summed E-state index contributed by atoms with van der Waals surface area (Å²) in [5.74, 6) is -2.02. The summed E-state index contributed by atoms with van der Waals surface area (Å²) in [4.78, 5) is 45.7. The van der Waals surface area contributed by atoms with Crippen molar-refractivity contribution >= 4 is 47.2 Å². The van der Waals surface area contributed by atoms with Crippen LogP contribution in [0.25, 0.3) is 6.08 Å². The smallest absolute Gasteiger partial charge is 0.431 e. The molecule has 13 heteroatoms. The lowest BCUT2D eigenvalue weighted by Crippen LogP contribution is -2.63. The molecule has 1 saturated carbocycles. The number of aromatic nitrogens is 1. The third kappa shape index (κ3) is 6.88. The summed E-state index contributed by atoms with van der Waals surface area (Å²) in [5.41, 5.74) is 2.50. The molecule has 0 spiro atoms. The summed E-state index contributed by atoms with van der Waals surface area (Å²) < 4.78 is 21.3. The van der Waals surface area contributed by atoms with E-state index >= 15 is 0 Å². The summed E-state index contributed by atoms with van der Waals surface area (Å²) in [6.45, 7) is 5.27. The highest BCUT2D eigenvalue weighted by Crippen LogP contribution is 2.51. The van der Waals surface area contributed by atoms with E-state index in [0.717, 1.165) is 42.7 Å². The second-order valence-electron chi connectivity index (χ2n) is 10.0. The Morgan fingerprint density at radius 2 is 2.00 bits per heavy atom. The molecular weight excluding hydrogens is 560 g/mol. The number of hydrogen-bond acceptors (Lipinski definition) is 12. The number of hydrogen-bond donors (Lipinski definition) is 2. The van der Waals surface area contributed by atoms with E-state index < -0.39 is 30.4 Å². The average Bonchev–Trinajstić information content (AvgIpc) is 3.44. The molecule has 11 nitrogen and oxygen atoms in total. The molecule has 1 aliphatic carbocycles. The largest absolute Gasteiger partial charge is 0.511 e. The lowest BCUT2D eigenvalue weighted by molar-refractivity contribution is -0.174. The maximum absolute atomic E-state index is 13.3. The van der Waals surface area contributed by atoms with Crippen LogP contribution < -0.4 is 0 Å². The minimum atomic E-state index is -1.23. The third-order valence-electron chi connectivity index (χ3n) is 7.21. The van der Waals surface area contributed by atoms with Crippen molar-refractivity contribution in [1.82, 2.24) is 9.88 Å². The molecule has 5 atom stereocenters. The molecule has 220 valence electrons. The van der Waals surface area contributed by atoms with Crippen LogP contribution in [0.3, 0.4) is 0 Å². The fourth-order valence-corrected chi connectivity index (χ4v) is 7.08. The Labute approximate surface area is 241 Å². The Kier molecular flexibility index (Phi) is 10.6. The van der Waals surface area contributed by atoms with E-state index in [0.29, 0.717) is 4.91 Å². The van der Waals surface area contributed by atoms with Gasteiger partial charge in [0.25, 0.3) is 0 Å². The van der Waals surface area contributed by atoms with Gasteiger partial charge >= 0.3 is 12.1 Å². The molecule has 40 heavy (non-hydrogen) atoms. The molecule has 0 aromatic carbocycles. The molecular formula is C27H36N2O9S2. The molecule has 0 bridgehead atoms. The number of fused-ring (bicyclic) bond motifs is 1. The van der Waals surface area contributed by atoms with Crippen molar-refractivity contribution in [3.05, 3.63) is 32.1 Å². The van der Waals surface area contributed by atoms with Gasteiger partial charge in [0.15, 0.2) is 0 Å². The van der Waals surface area contributed by atoms with Gasteiger partial charge in [0.1, 0.15) is 11.8 Å². The number of β-lactam (4-membered cyclic amide) rings is 1. The van der Waals surface area contributed by atoms with Gasteiger partial charge in [-0.05, 0) is 44.1 Å². The molecule has 1 amide bonds. The van der Waals surface area contributed by atoms with E-state index in [1.165, 1.54) is 34.9 Å². The highest BCUT2D eigenvalue weighted by Gasteiger charge is 2.60. The van der Waals surface area contributed by atoms with Crippen molar-refractivity contribution in [2.45, 2.75) is 84.0 Å². The Morgan fingerprint density at radius 1 is 1.25 bits per heavy atom. The Morgan fingerprint density at radius 3 is 2.70 bits per heavy atom. The van der Waals surface area contributed by atoms with Gasteiger partial charge in [-0.2, -0.15) is 0 Å². The van der Waals surface area contributed by atoms with E-state index in [2.05, 4.69) is 4.98 Å². The van der Waals surface area contributed by atoms with Crippen molar-refractivity contribution in [3.63, 3.8) is 0 Å². The van der Waals surface area contributed by atoms with Crippen molar-refractivity contribution in [3.8, 4) is 0 Å². The molecule has 2 aliphatic heterocycles. The number of carbonyl (C=O) groups excluding carboxylic acids is 3. The van der Waals surface area contributed by atoms with E-state index in [4.69, 9.17) is 24.1 Å². The number of aliphatic hydroxyl groups is 2. The fourth-order valence-electron chi connectivity index (χ4n) is 5.31. The number of esters is 1. The number of carbonyl (C=O) groups is 3. The lowest BCUT2D eigenvalue weighted by Gasteiger charge is -2.46. The Balaban J connectivity index is 1.46. The summed E-state index contributed by atoms with van der Waals surface area (Å²) >= 11 is 2.70. The van der Waals surface area contributed by atoms with Crippen LogP contribution in [0.5, 0.6) is 0 Å². The number of nitrogens with zero attached hydrogens (tertiary/aromatic N) is 2. The summed E-state index contributed by atoms with van der Waals surface area (Å²) in [6, 6.07) is -0.385. The first-order chi connectivity index (χ1) is 19.2. The number of aliphatic hydroxyl groups excluding tert-OH is 2. The molecule has 1 saturated heterocycles. The topological polar surface area (TPSA) is 145 Å². The number of amides is 1. The van der Waals surface area contributed by atoms with Crippen LogP contribution in [0.15, 0.2) is 21.5 Å². The molecule has 3 heterocycles. The summed E-state index contributed by atoms with van der Waals surface area (Å²) in [7, 11) is 0. The molecule has 2 fully saturated rings. The van der Waals surface area contributed by atoms with Crippen molar-refractivity contribution in [1.29, 1.82) is 0 Å². The van der Waals surface area contributed by atoms with E-state index in [1.54, 1.807) is 17.8 Å². The maximum Gasteiger partial charge on any atom is 0.511 e. The van der Waals surface area contributed by atoms with Gasteiger partial charge in [0, 0.05) is 17.7 Å². The maximum atomic E-state index is 13.3. The minimum absolute atomic E-state index is 0.0781. The zero-order valence-corrected chi connectivity index (χ0v) is 24.4. The molecule has 3 aliphatic rings. The van der Waals surface area contributed by atoms with Gasteiger partial charge in [-0.15, -0.1) is 11.3 Å². The molecule has 0 radical (unpaired) electrons. The van der Waals surface area contributed by atoms with Crippen LogP contribution in [0.4, 0.5) is 4.79 Å². The first-order valence-electron chi connectivity index (χ1n) is 13.5. The van der Waals surface area contributed by atoms with E-state index in [1.807, 2.05) is 13.0 Å². The highest BCUT2D eigenvalue weighted by molar-refractivity contribution is 8.06. The molecule has 1 aromatic heterocycles. The minimum Gasteiger partial charge on any atom is -0.431 e. The normalized spacial score (nSPS) is 24.6. The first-order valence-corrected chi connectivity index (χ1v) is 15.3. The molecule has 4 rings (SSSR count). The number of ether oxygens (including phenoxy) is 4. The number of rotatable bonds is 12. The second-order valence-corrected chi connectivity index (χ2v) is 11.9. The SMILES string of the molecule is CC(OC(=O)OC1CCCCC1)OC(=O)C1=C(S/C=C\c2scnc2COCCO)[C@H](C)[C@@H]2[C@@H]([C@@H](C)O)C(=O)N12. The summed E-state index contributed by atoms with van der Waals surface area (Å²) in [5, 5.41) is 20.9. The molecule has 2 N–H and O–H groups in total. The first kappa shape index (κ1) is 30.5. The Hall–Kier alpha value is -2.45. The predicted molar refractivity (Wildman–Crippen MR) is 147 cm³/mol. The van der Waals surface area contributed by atoms with Crippen molar-refractivity contribution in [2.75, 3.05) is 13.2 Å². The fraction of sp³-hybridized carbons (Fsp3) is 0.630. The zero-order valence-electron chi connectivity index (χ0n) is 22.8. The van der Waals surface area contributed by atoms with Crippen LogP contribution in [-0.2, 0) is 35.1 Å². The molecule has 1 unspecified atom stereocenters. The zero-order chi connectivity index (χ0) is 28.8. The van der Waals surface area contributed by atoms with Crippen LogP contribution >= 0.6 is 23.1 Å². The Bertz CT molecular complexity index is 1130. The number of thiazole rings is 1. The van der Waals surface area contributed by atoms with Crippen molar-refractivity contribution < 1.29 is 43.5 Å². The summed E-state index contributed by atoms with van der Waals surface area (Å²) in [6.07, 6.45) is 3.31. The monoisotopic (exact) mass is 596 g/mol. The number of thioether (sulfide) groups is 1. The van der Waals surface area contributed by atoms with E-state index in [-0.39, 0.29) is 49.5 Å². The van der Waals surface area contributed by atoms with Gasteiger partial charge in [-0.3, -0.25) is 4.79 Å². The van der Waals surface area contributed by atoms with Crippen molar-refractivity contribution in [2.24, 2.45) is 11.8 Å². The second kappa shape index (κ2) is 13.9. The van der Waals surface area contributed by atoms with Gasteiger partial charge in [-0.1, -0.05) is 25.1 Å². The average molecular weight is 597 g/mol. The third-order valence-corrected chi connectivity index (χ3v) is 9.14. The quantitative estimate of drug-likeness (QED) is 0.157. The highest BCUT2D eigenvalue weighted by atomic mass is 32.2. The van der Waals surface area contributed by atoms with Gasteiger partial charge in [0.2, 0.25) is 12.2 Å². The van der Waals surface area contributed by atoms with Gasteiger partial charge in [-0.25, -0.2) is 14.6 Å². The van der Waals surface area contributed by atoms with Gasteiger partial charge in [0.05, 0.1) is 54.0 Å². The van der Waals surface area contributed by atoms with Crippen LogP contribution in [0.2, 0.25) is 0 Å². The van der Waals surface area contributed by atoms with E-state index in [9.17, 15) is 19.5 Å². The lowest BCUT2D eigenvalue weighted by atomic mass is 9.79. The van der Waals surface area contributed by atoms with Gasteiger partial charge < -0.3 is 34.1 Å². The van der Waals surface area contributed by atoms with Crippen LogP contribution in [-0.4, -0.2) is 75.9 Å². The standard InChI is InChI=1S/C27H36N2O9S2/c1-15-22-21(16(2)31)25(32)29(22)23(24(15)39-12-9-20-19(28-14-40-20)13-35-11-10-30)26(33)36-17(3)37-27(34)38-18-7-5-4-6-8-18/h9,12,14-18,21-22,30-31H,4-8,10-11,13H2,1-3H3/b12-9-/t15-,16-,17?,21-,22-/m1/s1. The van der Waals surface area contributed by atoms with Crippen LogP contribution in [0.1, 0.15) is 63.4 Å². The molecule has 1 aromatic rings.